The summed E-state index contributed by atoms with van der Waals surface area (Å²) in [5, 5.41) is 9.02. The van der Waals surface area contributed by atoms with E-state index in [2.05, 4.69) is 9.71 Å². The van der Waals surface area contributed by atoms with Gasteiger partial charge in [-0.1, -0.05) is 6.92 Å². The Balaban J connectivity index is 3.07. The molecular weight excluding hydrogens is 300 g/mol. The van der Waals surface area contributed by atoms with Crippen LogP contribution in [0.5, 0.6) is 0 Å². The van der Waals surface area contributed by atoms with E-state index in [1.165, 1.54) is 6.92 Å². The van der Waals surface area contributed by atoms with Gasteiger partial charge in [0.1, 0.15) is 10.6 Å². The van der Waals surface area contributed by atoms with Crippen LogP contribution in [0.25, 0.3) is 0 Å². The molecule has 1 rings (SSSR count). The van der Waals surface area contributed by atoms with E-state index in [1.807, 2.05) is 6.92 Å². The van der Waals surface area contributed by atoms with Gasteiger partial charge < -0.3 is 10.1 Å². The predicted octanol–water partition coefficient (Wildman–Crippen LogP) is 1.75. The zero-order chi connectivity index (χ0) is 15.5. The molecule has 0 fully saturated rings. The summed E-state index contributed by atoms with van der Waals surface area (Å²) in [4.78, 5) is 13.7. The molecule has 1 aromatic heterocycles. The van der Waals surface area contributed by atoms with Crippen molar-refractivity contribution in [2.45, 2.75) is 38.6 Å². The number of carbonyl (C=O) groups is 1. The second-order valence-electron chi connectivity index (χ2n) is 4.57. The molecule has 0 spiro atoms. The van der Waals surface area contributed by atoms with Crippen molar-refractivity contribution in [1.82, 2.24) is 9.71 Å². The van der Waals surface area contributed by atoms with Gasteiger partial charge in [-0.3, -0.25) is 0 Å². The van der Waals surface area contributed by atoms with Crippen LogP contribution in [0, 0.1) is 13.8 Å². The summed E-state index contributed by atoms with van der Waals surface area (Å²) in [7, 11) is -3.72. The molecule has 0 amide bonds. The maximum absolute atomic E-state index is 12.4. The molecule has 6 nitrogen and oxygen atoms in total. The molecule has 0 aromatic carbocycles. The largest absolute Gasteiger partial charge is 0.477 e. The first-order chi connectivity index (χ1) is 9.20. The minimum Gasteiger partial charge on any atom is -0.477 e. The highest BCUT2D eigenvalue weighted by molar-refractivity contribution is 7.99. The summed E-state index contributed by atoms with van der Waals surface area (Å²) in [5.74, 6) is 0.420. The van der Waals surface area contributed by atoms with Crippen molar-refractivity contribution in [2.75, 3.05) is 11.5 Å². The zero-order valence-electron chi connectivity index (χ0n) is 12.0. The van der Waals surface area contributed by atoms with E-state index in [0.29, 0.717) is 11.4 Å². The van der Waals surface area contributed by atoms with E-state index in [0.717, 1.165) is 5.75 Å². The Morgan fingerprint density at radius 3 is 2.50 bits per heavy atom. The van der Waals surface area contributed by atoms with Gasteiger partial charge in [-0.05, 0) is 26.5 Å². The van der Waals surface area contributed by atoms with Gasteiger partial charge >= 0.3 is 5.97 Å². The van der Waals surface area contributed by atoms with Gasteiger partial charge in [-0.25, -0.2) is 17.9 Å². The summed E-state index contributed by atoms with van der Waals surface area (Å²) in [6.07, 6.45) is 0. The van der Waals surface area contributed by atoms with Crippen LogP contribution in [0.2, 0.25) is 0 Å². The van der Waals surface area contributed by atoms with Gasteiger partial charge in [0, 0.05) is 23.1 Å². The van der Waals surface area contributed by atoms with Crippen molar-refractivity contribution in [3.05, 3.63) is 17.0 Å². The molecule has 0 aliphatic carbocycles. The fraction of sp³-hybridized carbons (Fsp3) is 0.583. The minimum atomic E-state index is -3.72. The number of nitrogens with one attached hydrogen (secondary N) is 2. The number of H-pyrrole nitrogens is 1. The Kier molecular flexibility index (Phi) is 5.67. The van der Waals surface area contributed by atoms with Gasteiger partial charge in [-0.15, -0.1) is 0 Å². The number of carboxylic acids is 1. The monoisotopic (exact) mass is 320 g/mol. The molecule has 0 bridgehead atoms. The number of aromatic amines is 1. The van der Waals surface area contributed by atoms with Gasteiger partial charge in [0.25, 0.3) is 0 Å². The highest BCUT2D eigenvalue weighted by Gasteiger charge is 2.27. The molecule has 0 saturated carbocycles. The topological polar surface area (TPSA) is 99.3 Å². The normalized spacial score (nSPS) is 13.4. The summed E-state index contributed by atoms with van der Waals surface area (Å²) in [6.45, 7) is 6.84. The summed E-state index contributed by atoms with van der Waals surface area (Å²) in [5.41, 5.74) is 0.485. The number of aromatic carboxylic acids is 1. The lowest BCUT2D eigenvalue weighted by Gasteiger charge is -2.14. The van der Waals surface area contributed by atoms with E-state index >= 15 is 0 Å². The Morgan fingerprint density at radius 1 is 1.45 bits per heavy atom. The van der Waals surface area contributed by atoms with Crippen LogP contribution >= 0.6 is 11.8 Å². The fourth-order valence-electron chi connectivity index (χ4n) is 2.00. The first-order valence-corrected chi connectivity index (χ1v) is 8.87. The standard InChI is InChI=1S/C12H20N2O4S2/c1-5-19-6-7(2)14-20(17,18)11-8(3)10(12(15)16)13-9(11)4/h7,13-14H,5-6H2,1-4H3,(H,15,16). The lowest BCUT2D eigenvalue weighted by atomic mass is 10.2. The number of aromatic nitrogens is 1. The van der Waals surface area contributed by atoms with Crippen LogP contribution < -0.4 is 4.72 Å². The van der Waals surface area contributed by atoms with E-state index in [-0.39, 0.29) is 22.2 Å². The minimum absolute atomic E-state index is 0.0308. The van der Waals surface area contributed by atoms with Crippen molar-refractivity contribution in [1.29, 1.82) is 0 Å². The zero-order valence-corrected chi connectivity index (χ0v) is 13.6. The molecule has 1 aromatic rings. The Hall–Kier alpha value is -0.990. The van der Waals surface area contributed by atoms with Crippen molar-refractivity contribution in [2.24, 2.45) is 0 Å². The van der Waals surface area contributed by atoms with Crippen LogP contribution in [-0.4, -0.2) is 42.0 Å². The van der Waals surface area contributed by atoms with Crippen molar-refractivity contribution >= 4 is 27.8 Å². The third-order valence-corrected chi connectivity index (χ3v) is 5.79. The maximum Gasteiger partial charge on any atom is 0.352 e. The number of hydrogen-bond acceptors (Lipinski definition) is 4. The lowest BCUT2D eigenvalue weighted by molar-refractivity contribution is 0.0690. The number of aryl methyl sites for hydroxylation is 1. The van der Waals surface area contributed by atoms with Crippen LogP contribution in [-0.2, 0) is 10.0 Å². The molecule has 20 heavy (non-hydrogen) atoms. The molecule has 1 heterocycles. The van der Waals surface area contributed by atoms with Gasteiger partial charge in [-0.2, -0.15) is 11.8 Å². The van der Waals surface area contributed by atoms with Crippen molar-refractivity contribution in [3.63, 3.8) is 0 Å². The maximum atomic E-state index is 12.4. The first kappa shape index (κ1) is 17.1. The van der Waals surface area contributed by atoms with Crippen LogP contribution in [0.3, 0.4) is 0 Å². The van der Waals surface area contributed by atoms with Gasteiger partial charge in [0.15, 0.2) is 0 Å². The second-order valence-corrected chi connectivity index (χ2v) is 7.54. The van der Waals surface area contributed by atoms with Crippen LogP contribution in [0.1, 0.15) is 35.6 Å². The van der Waals surface area contributed by atoms with E-state index in [1.54, 1.807) is 25.6 Å². The van der Waals surface area contributed by atoms with E-state index < -0.39 is 16.0 Å². The first-order valence-electron chi connectivity index (χ1n) is 6.23. The third kappa shape index (κ3) is 3.77. The van der Waals surface area contributed by atoms with Crippen molar-refractivity contribution in [3.8, 4) is 0 Å². The Morgan fingerprint density at radius 2 is 2.05 bits per heavy atom. The molecule has 114 valence electrons. The second kappa shape index (κ2) is 6.64. The average Bonchev–Trinajstić information content (AvgIpc) is 2.62. The highest BCUT2D eigenvalue weighted by Crippen LogP contribution is 2.23. The van der Waals surface area contributed by atoms with Gasteiger partial charge in [0.05, 0.1) is 0 Å². The number of rotatable bonds is 7. The summed E-state index contributed by atoms with van der Waals surface area (Å²) < 4.78 is 27.3. The van der Waals surface area contributed by atoms with Crippen molar-refractivity contribution < 1.29 is 18.3 Å². The predicted molar refractivity (Wildman–Crippen MR) is 80.0 cm³/mol. The Bertz CT molecular complexity index is 593. The van der Waals surface area contributed by atoms with E-state index in [9.17, 15) is 13.2 Å². The molecule has 1 atom stereocenters. The quantitative estimate of drug-likeness (QED) is 0.711. The summed E-state index contributed by atoms with van der Waals surface area (Å²) in [6, 6.07) is -0.216. The molecule has 0 aliphatic heterocycles. The number of carboxylic acid groups (broad SMARTS) is 1. The average molecular weight is 320 g/mol. The number of sulfonamides is 1. The van der Waals surface area contributed by atoms with Crippen LogP contribution in [0.15, 0.2) is 4.90 Å². The SMILES string of the molecule is CCSCC(C)NS(=O)(=O)c1c(C)[nH]c(C(=O)O)c1C. The smallest absolute Gasteiger partial charge is 0.352 e. The number of hydrogen-bond donors (Lipinski definition) is 3. The summed E-state index contributed by atoms with van der Waals surface area (Å²) >= 11 is 1.64. The molecule has 0 radical (unpaired) electrons. The molecule has 1 unspecified atom stereocenters. The third-order valence-electron chi connectivity index (χ3n) is 2.78. The van der Waals surface area contributed by atoms with E-state index in [4.69, 9.17) is 5.11 Å². The van der Waals surface area contributed by atoms with Crippen LogP contribution in [0.4, 0.5) is 0 Å². The molecular formula is C12H20N2O4S2. The fourth-order valence-corrected chi connectivity index (χ4v) is 4.47. The molecule has 0 saturated heterocycles. The molecule has 0 aliphatic rings. The molecule has 8 heteroatoms. The highest BCUT2D eigenvalue weighted by atomic mass is 32.2. The molecule has 3 N–H and O–H groups in total. The van der Waals surface area contributed by atoms with Gasteiger partial charge in [0.2, 0.25) is 10.0 Å². The number of thioether (sulfide) groups is 1. The lowest BCUT2D eigenvalue weighted by Crippen LogP contribution is -2.34. The Labute approximate surface area is 123 Å².